The lowest BCUT2D eigenvalue weighted by atomic mass is 10.2. The third-order valence-corrected chi connectivity index (χ3v) is 2.54. The van der Waals surface area contributed by atoms with Crippen molar-refractivity contribution in [2.24, 2.45) is 5.73 Å². The largest absolute Gasteiger partial charge is 0.480 e. The maximum absolute atomic E-state index is 10.8. The molecule has 3 N–H and O–H groups in total. The van der Waals surface area contributed by atoms with E-state index in [4.69, 9.17) is 10.8 Å². The van der Waals surface area contributed by atoms with Crippen LogP contribution in [0.2, 0.25) is 0 Å². The van der Waals surface area contributed by atoms with Crippen molar-refractivity contribution >= 4 is 28.6 Å². The van der Waals surface area contributed by atoms with Gasteiger partial charge in [-0.25, -0.2) is 0 Å². The highest BCUT2D eigenvalue weighted by molar-refractivity contribution is 8.15. The number of Topliss-reactive ketones (excluding diaryl/α,β-unsaturated/α-hetero) is 1. The summed E-state index contributed by atoms with van der Waals surface area (Å²) in [5, 5.41) is 7.93. The van der Waals surface area contributed by atoms with E-state index in [0.29, 0.717) is 18.6 Å². The molecule has 0 heterocycles. The van der Waals surface area contributed by atoms with E-state index in [1.165, 1.54) is 6.92 Å². The average molecular weight is 219 g/mol. The predicted molar refractivity (Wildman–Crippen MR) is 53.0 cm³/mol. The van der Waals surface area contributed by atoms with Crippen LogP contribution in [-0.4, -0.2) is 33.8 Å². The van der Waals surface area contributed by atoms with Gasteiger partial charge in [0.1, 0.15) is 6.04 Å². The Morgan fingerprint density at radius 2 is 2.00 bits per heavy atom. The van der Waals surface area contributed by atoms with Gasteiger partial charge in [0.25, 0.3) is 5.12 Å². The summed E-state index contributed by atoms with van der Waals surface area (Å²) in [6, 6.07) is -0.886. The highest BCUT2D eigenvalue weighted by Gasteiger charge is 2.12. The Kier molecular flexibility index (Phi) is 6.14. The topological polar surface area (TPSA) is 97.5 Å². The number of carbonyl (C=O) groups excluding carboxylic acids is 2. The van der Waals surface area contributed by atoms with Gasteiger partial charge >= 0.3 is 5.97 Å². The van der Waals surface area contributed by atoms with Crippen molar-refractivity contribution in [1.29, 1.82) is 0 Å². The van der Waals surface area contributed by atoms with Gasteiger partial charge in [0.2, 0.25) is 5.78 Å². The molecule has 0 aromatic rings. The van der Waals surface area contributed by atoms with Gasteiger partial charge in [0.15, 0.2) is 0 Å². The minimum absolute atomic E-state index is 0.313. The highest BCUT2D eigenvalue weighted by Crippen LogP contribution is 2.07. The molecule has 0 fully saturated rings. The van der Waals surface area contributed by atoms with Crippen LogP contribution in [0.3, 0.4) is 0 Å². The van der Waals surface area contributed by atoms with Gasteiger partial charge in [0.05, 0.1) is 0 Å². The van der Waals surface area contributed by atoms with Crippen LogP contribution in [0.15, 0.2) is 0 Å². The van der Waals surface area contributed by atoms with Crippen LogP contribution in [0.25, 0.3) is 0 Å². The Bertz CT molecular complexity index is 241. The first-order chi connectivity index (χ1) is 6.45. The van der Waals surface area contributed by atoms with Crippen molar-refractivity contribution < 1.29 is 19.5 Å². The van der Waals surface area contributed by atoms with E-state index in [0.717, 1.165) is 11.8 Å². The zero-order valence-electron chi connectivity index (χ0n) is 7.86. The number of thioether (sulfide) groups is 1. The molecule has 80 valence electrons. The maximum Gasteiger partial charge on any atom is 0.320 e. The first-order valence-corrected chi connectivity index (χ1v) is 5.09. The molecule has 0 saturated carbocycles. The minimum atomic E-state index is -1.05. The maximum atomic E-state index is 10.8. The number of rotatable bonds is 6. The van der Waals surface area contributed by atoms with Gasteiger partial charge in [-0.15, -0.1) is 0 Å². The molecule has 0 aromatic heterocycles. The number of ketones is 1. The minimum Gasteiger partial charge on any atom is -0.480 e. The molecular weight excluding hydrogens is 206 g/mol. The first kappa shape index (κ1) is 13.1. The average Bonchev–Trinajstić information content (AvgIpc) is 2.11. The molecule has 0 aliphatic rings. The van der Waals surface area contributed by atoms with Gasteiger partial charge < -0.3 is 10.8 Å². The fraction of sp³-hybridized carbons (Fsp3) is 0.625. The van der Waals surface area contributed by atoms with E-state index in [9.17, 15) is 14.4 Å². The molecule has 0 radical (unpaired) electrons. The molecule has 0 unspecified atom stereocenters. The lowest BCUT2D eigenvalue weighted by molar-refractivity contribution is -0.138. The predicted octanol–water partition coefficient (Wildman–Crippen LogP) is 0.0273. The molecule has 0 aromatic carbocycles. The Balaban J connectivity index is 3.52. The summed E-state index contributed by atoms with van der Waals surface area (Å²) >= 11 is 0.901. The number of hydrogen-bond donors (Lipinski definition) is 2. The van der Waals surface area contributed by atoms with E-state index in [1.54, 1.807) is 0 Å². The van der Waals surface area contributed by atoms with Crippen LogP contribution in [0.5, 0.6) is 0 Å². The number of carboxylic acid groups (broad SMARTS) is 1. The summed E-state index contributed by atoms with van der Waals surface area (Å²) in [5.74, 6) is -1.11. The smallest absolute Gasteiger partial charge is 0.320 e. The quantitative estimate of drug-likeness (QED) is 0.483. The van der Waals surface area contributed by atoms with Gasteiger partial charge in [-0.2, -0.15) is 0 Å². The Hall–Kier alpha value is -0.880. The van der Waals surface area contributed by atoms with Crippen LogP contribution in [-0.2, 0) is 14.4 Å². The van der Waals surface area contributed by atoms with Crippen LogP contribution in [0.1, 0.15) is 19.8 Å². The molecule has 6 heteroatoms. The second-order valence-electron chi connectivity index (χ2n) is 2.78. The summed E-state index contributed by atoms with van der Waals surface area (Å²) < 4.78 is 0. The van der Waals surface area contributed by atoms with E-state index >= 15 is 0 Å². The van der Waals surface area contributed by atoms with E-state index < -0.39 is 22.9 Å². The van der Waals surface area contributed by atoms with E-state index in [-0.39, 0.29) is 0 Å². The van der Waals surface area contributed by atoms with Crippen LogP contribution in [0, 0.1) is 0 Å². The van der Waals surface area contributed by atoms with Crippen LogP contribution < -0.4 is 5.73 Å². The number of nitrogens with two attached hydrogens (primary N) is 1. The molecule has 0 amide bonds. The molecule has 0 bridgehead atoms. The summed E-state index contributed by atoms with van der Waals surface area (Å²) in [6.07, 6.45) is 0.824. The van der Waals surface area contributed by atoms with Crippen molar-refractivity contribution in [1.82, 2.24) is 0 Å². The lowest BCUT2D eigenvalue weighted by Gasteiger charge is -2.04. The fourth-order valence-electron chi connectivity index (χ4n) is 0.693. The molecule has 0 aliphatic heterocycles. The molecule has 0 rings (SSSR count). The Morgan fingerprint density at radius 3 is 2.43 bits per heavy atom. The lowest BCUT2D eigenvalue weighted by Crippen LogP contribution is -2.29. The molecule has 0 spiro atoms. The van der Waals surface area contributed by atoms with Gasteiger partial charge in [0, 0.05) is 12.7 Å². The summed E-state index contributed by atoms with van der Waals surface area (Å²) in [6.45, 7) is 1.21. The van der Waals surface area contributed by atoms with Crippen molar-refractivity contribution in [2.75, 3.05) is 5.75 Å². The highest BCUT2D eigenvalue weighted by atomic mass is 32.2. The Morgan fingerprint density at radius 1 is 1.43 bits per heavy atom. The van der Waals surface area contributed by atoms with E-state index in [1.807, 2.05) is 0 Å². The van der Waals surface area contributed by atoms with Crippen molar-refractivity contribution in [2.45, 2.75) is 25.8 Å². The summed E-state index contributed by atoms with van der Waals surface area (Å²) in [5.41, 5.74) is 5.23. The van der Waals surface area contributed by atoms with E-state index in [2.05, 4.69) is 0 Å². The first-order valence-electron chi connectivity index (χ1n) is 4.11. The zero-order chi connectivity index (χ0) is 11.1. The van der Waals surface area contributed by atoms with Gasteiger partial charge in [-0.05, 0) is 12.8 Å². The standard InChI is InChI=1S/C8H13NO4S/c1-5(10)8(13)14-4-2-3-6(9)7(11)12/h6H,2-4,9H2,1H3,(H,11,12)/t6-/m0/s1. The SMILES string of the molecule is CC(=O)C(=O)SCCC[C@H](N)C(=O)O. The van der Waals surface area contributed by atoms with Gasteiger partial charge in [-0.3, -0.25) is 14.4 Å². The normalized spacial score (nSPS) is 12.1. The number of hydrogen-bond acceptors (Lipinski definition) is 5. The molecule has 0 saturated heterocycles. The monoisotopic (exact) mass is 219 g/mol. The second-order valence-corrected chi connectivity index (χ2v) is 3.85. The summed E-state index contributed by atoms with van der Waals surface area (Å²) in [4.78, 5) is 31.6. The van der Waals surface area contributed by atoms with Gasteiger partial charge in [-0.1, -0.05) is 11.8 Å². The second kappa shape index (κ2) is 6.56. The van der Waals surface area contributed by atoms with Crippen molar-refractivity contribution in [3.8, 4) is 0 Å². The Labute approximate surface area is 86.0 Å². The molecule has 14 heavy (non-hydrogen) atoms. The van der Waals surface area contributed by atoms with Crippen molar-refractivity contribution in [3.63, 3.8) is 0 Å². The number of aliphatic carboxylic acids is 1. The molecule has 0 aliphatic carbocycles. The zero-order valence-corrected chi connectivity index (χ0v) is 8.67. The van der Waals surface area contributed by atoms with Crippen LogP contribution >= 0.6 is 11.8 Å². The fourth-order valence-corrected chi connectivity index (χ4v) is 1.39. The van der Waals surface area contributed by atoms with Crippen molar-refractivity contribution in [3.05, 3.63) is 0 Å². The number of carbonyl (C=O) groups is 3. The summed E-state index contributed by atoms with van der Waals surface area (Å²) in [7, 11) is 0. The molecule has 5 nitrogen and oxygen atoms in total. The van der Waals surface area contributed by atoms with Crippen LogP contribution in [0.4, 0.5) is 0 Å². The number of carboxylic acids is 1. The molecule has 1 atom stereocenters. The third-order valence-electron chi connectivity index (χ3n) is 1.50. The molecular formula is C8H13NO4S. The third kappa shape index (κ3) is 5.71.